The first kappa shape index (κ1) is 14.6. The van der Waals surface area contributed by atoms with E-state index in [1.165, 1.54) is 22.8 Å². The molecule has 0 amide bonds. The minimum Gasteiger partial charge on any atom is -0.421 e. The Hall–Kier alpha value is -1.47. The van der Waals surface area contributed by atoms with Crippen LogP contribution in [0.5, 0.6) is 0 Å². The van der Waals surface area contributed by atoms with E-state index in [0.717, 1.165) is 0 Å². The Kier molecular flexibility index (Phi) is 4.42. The van der Waals surface area contributed by atoms with Gasteiger partial charge in [-0.1, -0.05) is 47.1 Å². The number of hydrogen-bond acceptors (Lipinski definition) is 2. The molecule has 4 heteroatoms. The Bertz CT molecular complexity index is 433. The van der Waals surface area contributed by atoms with Gasteiger partial charge >= 0.3 is 0 Å². The molecular formula is C14H18O2Si2. The van der Waals surface area contributed by atoms with Crippen LogP contribution in [0.1, 0.15) is 0 Å². The van der Waals surface area contributed by atoms with Gasteiger partial charge in [0.1, 0.15) is 0 Å². The van der Waals surface area contributed by atoms with Crippen molar-refractivity contribution in [1.82, 2.24) is 0 Å². The van der Waals surface area contributed by atoms with Gasteiger partial charge in [-0.3, -0.25) is 0 Å². The van der Waals surface area contributed by atoms with Crippen LogP contribution in [-0.4, -0.2) is 26.2 Å². The average molecular weight is 274 g/mol. The maximum absolute atomic E-state index is 10.6. The molecule has 0 aliphatic rings. The van der Waals surface area contributed by atoms with E-state index in [1.54, 1.807) is 12.1 Å². The highest BCUT2D eigenvalue weighted by molar-refractivity contribution is 7.02. The van der Waals surface area contributed by atoms with Crippen molar-refractivity contribution in [3.8, 4) is 0 Å². The van der Waals surface area contributed by atoms with Gasteiger partial charge in [0.25, 0.3) is 16.6 Å². The summed E-state index contributed by atoms with van der Waals surface area (Å²) in [6.07, 6.45) is 0. The van der Waals surface area contributed by atoms with Gasteiger partial charge in [0.05, 0.1) is 0 Å². The topological polar surface area (TPSA) is 40.5 Å². The Labute approximate surface area is 110 Å². The molecule has 18 heavy (non-hydrogen) atoms. The van der Waals surface area contributed by atoms with E-state index in [4.69, 9.17) is 0 Å². The predicted octanol–water partition coefficient (Wildman–Crippen LogP) is 0.877. The summed E-state index contributed by atoms with van der Waals surface area (Å²) >= 11 is 0. The molecule has 0 saturated heterocycles. The summed E-state index contributed by atoms with van der Waals surface area (Å²) in [6.45, 7) is 14.7. The first-order valence-electron chi connectivity index (χ1n) is 5.56. The summed E-state index contributed by atoms with van der Waals surface area (Å²) in [7, 11) is -5.91. The molecule has 2 N–H and O–H groups in total. The first-order chi connectivity index (χ1) is 8.47. The second kappa shape index (κ2) is 5.45. The number of rotatable bonds is 6. The van der Waals surface area contributed by atoms with Crippen molar-refractivity contribution in [2.24, 2.45) is 0 Å². The van der Waals surface area contributed by atoms with Gasteiger partial charge in [-0.15, -0.1) is 26.3 Å². The van der Waals surface area contributed by atoms with Gasteiger partial charge in [-0.2, -0.15) is 0 Å². The molecule has 0 unspecified atom stereocenters. The van der Waals surface area contributed by atoms with Crippen LogP contribution < -0.4 is 10.4 Å². The van der Waals surface area contributed by atoms with Crippen molar-refractivity contribution >= 4 is 27.0 Å². The molecular weight excluding hydrogens is 256 g/mol. The lowest BCUT2D eigenvalue weighted by molar-refractivity contribution is 0.576. The van der Waals surface area contributed by atoms with Crippen LogP contribution in [-0.2, 0) is 0 Å². The molecule has 1 aromatic carbocycles. The zero-order valence-electron chi connectivity index (χ0n) is 10.3. The third kappa shape index (κ3) is 2.37. The van der Waals surface area contributed by atoms with Crippen LogP contribution in [0.15, 0.2) is 73.4 Å². The molecule has 0 radical (unpaired) electrons. The lowest BCUT2D eigenvalue weighted by atomic mass is 10.4. The van der Waals surface area contributed by atoms with Gasteiger partial charge in [-0.25, -0.2) is 0 Å². The second-order valence-corrected chi connectivity index (χ2v) is 10.0. The molecule has 1 aromatic rings. The van der Waals surface area contributed by atoms with Crippen LogP contribution in [0.25, 0.3) is 0 Å². The van der Waals surface area contributed by atoms with E-state index in [0.29, 0.717) is 10.4 Å². The molecule has 0 atom stereocenters. The SMILES string of the molecule is C=C[Si](O)(C=C)c1ccccc1[Si](O)(C=C)C=C. The van der Waals surface area contributed by atoms with Crippen LogP contribution >= 0.6 is 0 Å². The molecule has 0 aliphatic carbocycles. The second-order valence-electron chi connectivity index (χ2n) is 4.01. The Morgan fingerprint density at radius 3 is 1.22 bits per heavy atom. The van der Waals surface area contributed by atoms with Crippen LogP contribution in [0.3, 0.4) is 0 Å². The number of benzene rings is 1. The highest BCUT2D eigenvalue weighted by Gasteiger charge is 2.36. The highest BCUT2D eigenvalue weighted by Crippen LogP contribution is 2.07. The molecule has 0 saturated carbocycles. The molecule has 0 aromatic heterocycles. The fourth-order valence-corrected chi connectivity index (χ4v) is 5.96. The zero-order chi connectivity index (χ0) is 13.8. The molecule has 0 aliphatic heterocycles. The van der Waals surface area contributed by atoms with Gasteiger partial charge in [0.15, 0.2) is 0 Å². The summed E-state index contributed by atoms with van der Waals surface area (Å²) in [4.78, 5) is 21.2. The average Bonchev–Trinajstić information content (AvgIpc) is 2.45. The molecule has 1 rings (SSSR count). The lowest BCUT2D eigenvalue weighted by Gasteiger charge is -2.26. The van der Waals surface area contributed by atoms with E-state index in [2.05, 4.69) is 26.3 Å². The summed E-state index contributed by atoms with van der Waals surface area (Å²) in [5, 5.41) is 1.40. The minimum absolute atomic E-state index is 0.698. The molecule has 94 valence electrons. The van der Waals surface area contributed by atoms with Gasteiger partial charge in [-0.05, 0) is 10.4 Å². The maximum Gasteiger partial charge on any atom is 0.269 e. The smallest absolute Gasteiger partial charge is 0.269 e. The summed E-state index contributed by atoms with van der Waals surface area (Å²) < 4.78 is 0. The Balaban J connectivity index is 3.58. The standard InChI is InChI=1S/C14H18O2Si2/c1-5-17(15,6-2)13-11-9-10-12-14(13)18(16,7-3)8-4/h5-12,15-16H,1-4H2. The Morgan fingerprint density at radius 2 is 1.00 bits per heavy atom. The number of hydrogen-bond donors (Lipinski definition) is 2. The normalized spacial score (nSPS) is 11.7. The highest BCUT2D eigenvalue weighted by atomic mass is 28.4. The van der Waals surface area contributed by atoms with Crippen LogP contribution in [0, 0.1) is 0 Å². The van der Waals surface area contributed by atoms with Crippen molar-refractivity contribution in [3.63, 3.8) is 0 Å². The van der Waals surface area contributed by atoms with E-state index in [1.807, 2.05) is 12.1 Å². The quantitative estimate of drug-likeness (QED) is 0.756. The van der Waals surface area contributed by atoms with Crippen molar-refractivity contribution in [3.05, 3.63) is 73.4 Å². The van der Waals surface area contributed by atoms with Gasteiger partial charge in [0, 0.05) is 0 Å². The van der Waals surface area contributed by atoms with E-state index in [-0.39, 0.29) is 0 Å². The van der Waals surface area contributed by atoms with Crippen LogP contribution in [0.4, 0.5) is 0 Å². The largest absolute Gasteiger partial charge is 0.421 e. The molecule has 0 bridgehead atoms. The van der Waals surface area contributed by atoms with Crippen molar-refractivity contribution in [2.75, 3.05) is 0 Å². The van der Waals surface area contributed by atoms with E-state index in [9.17, 15) is 9.59 Å². The maximum atomic E-state index is 10.6. The molecule has 0 spiro atoms. The predicted molar refractivity (Wildman–Crippen MR) is 82.4 cm³/mol. The van der Waals surface area contributed by atoms with Crippen LogP contribution in [0.2, 0.25) is 0 Å². The van der Waals surface area contributed by atoms with Gasteiger partial charge < -0.3 is 9.59 Å². The molecule has 0 fully saturated rings. The van der Waals surface area contributed by atoms with Gasteiger partial charge in [0.2, 0.25) is 0 Å². The fourth-order valence-electron chi connectivity index (χ4n) is 1.79. The summed E-state index contributed by atoms with van der Waals surface area (Å²) in [5.74, 6) is 0. The minimum atomic E-state index is -2.95. The third-order valence-corrected chi connectivity index (χ3v) is 8.37. The first-order valence-corrected chi connectivity index (χ1v) is 9.77. The van der Waals surface area contributed by atoms with Crippen molar-refractivity contribution < 1.29 is 9.59 Å². The third-order valence-electron chi connectivity index (χ3n) is 3.03. The summed E-state index contributed by atoms with van der Waals surface area (Å²) in [5.41, 5.74) is 6.11. The van der Waals surface area contributed by atoms with E-state index < -0.39 is 16.6 Å². The molecule has 2 nitrogen and oxygen atoms in total. The summed E-state index contributed by atoms with van der Waals surface area (Å²) in [6, 6.07) is 7.25. The zero-order valence-corrected chi connectivity index (χ0v) is 12.3. The monoisotopic (exact) mass is 274 g/mol. The van der Waals surface area contributed by atoms with Crippen molar-refractivity contribution in [1.29, 1.82) is 0 Å². The lowest BCUT2D eigenvalue weighted by Crippen LogP contribution is -2.61. The Morgan fingerprint density at radius 1 is 0.722 bits per heavy atom. The fraction of sp³-hybridized carbons (Fsp3) is 0. The van der Waals surface area contributed by atoms with E-state index >= 15 is 0 Å². The molecule has 0 heterocycles. The van der Waals surface area contributed by atoms with Crippen molar-refractivity contribution in [2.45, 2.75) is 0 Å².